The molecule has 6 nitrogen and oxygen atoms in total. The summed E-state index contributed by atoms with van der Waals surface area (Å²) in [5, 5.41) is 3.30. The first-order valence-electron chi connectivity index (χ1n) is 8.08. The zero-order valence-corrected chi connectivity index (χ0v) is 15.5. The summed E-state index contributed by atoms with van der Waals surface area (Å²) in [6.07, 6.45) is 0.470. The highest BCUT2D eigenvalue weighted by atomic mass is 35.5. The molecule has 1 atom stereocenters. The van der Waals surface area contributed by atoms with Crippen molar-refractivity contribution < 1.29 is 14.3 Å². The van der Waals surface area contributed by atoms with E-state index in [-0.39, 0.29) is 30.3 Å². The smallest absolute Gasteiger partial charge is 0.264 e. The van der Waals surface area contributed by atoms with Crippen molar-refractivity contribution in [3.8, 4) is 0 Å². The van der Waals surface area contributed by atoms with E-state index in [9.17, 15) is 9.59 Å². The van der Waals surface area contributed by atoms with Crippen LogP contribution in [-0.4, -0.2) is 73.6 Å². The summed E-state index contributed by atoms with van der Waals surface area (Å²) in [4.78, 5) is 30.4. The van der Waals surface area contributed by atoms with Gasteiger partial charge in [-0.05, 0) is 19.1 Å². The Morgan fingerprint density at radius 2 is 1.96 bits per heavy atom. The second-order valence-corrected chi connectivity index (χ2v) is 7.30. The molecule has 2 aliphatic rings. The average molecular weight is 374 g/mol. The van der Waals surface area contributed by atoms with E-state index in [4.69, 9.17) is 4.74 Å². The Hall–Kier alpha value is -1.15. The van der Waals surface area contributed by atoms with Crippen LogP contribution in [0.5, 0.6) is 0 Å². The van der Waals surface area contributed by atoms with Crippen LogP contribution in [0.3, 0.4) is 0 Å². The van der Waals surface area contributed by atoms with Gasteiger partial charge in [0, 0.05) is 50.1 Å². The van der Waals surface area contributed by atoms with Gasteiger partial charge in [0.1, 0.15) is 0 Å². The van der Waals surface area contributed by atoms with E-state index in [0.29, 0.717) is 45.8 Å². The van der Waals surface area contributed by atoms with E-state index >= 15 is 0 Å². The Balaban J connectivity index is 0.00000208. The second-order valence-electron chi connectivity index (χ2n) is 6.01. The maximum absolute atomic E-state index is 12.4. The fraction of sp³-hybridized carbons (Fsp3) is 0.625. The average Bonchev–Trinajstić information content (AvgIpc) is 3.02. The molecule has 2 saturated heterocycles. The molecule has 2 amide bonds. The molecule has 2 fully saturated rings. The van der Waals surface area contributed by atoms with Gasteiger partial charge in [0.2, 0.25) is 5.91 Å². The third kappa shape index (κ3) is 4.69. The minimum Gasteiger partial charge on any atom is -0.378 e. The number of nitrogens with zero attached hydrogens (tertiary/aromatic N) is 2. The number of carbonyl (C=O) groups excluding carboxylic acids is 2. The van der Waals surface area contributed by atoms with E-state index in [1.807, 2.05) is 28.9 Å². The predicted octanol–water partition coefficient (Wildman–Crippen LogP) is 1.14. The molecule has 24 heavy (non-hydrogen) atoms. The minimum atomic E-state index is 0. The standard InChI is InChI=1S/C16H23N3O3S.ClH/c1-12-2-3-14(23-12)16(21)19-7-5-18(6-8-19)15(20)10-13-11-22-9-4-17-13;/h2-3,13,17H,4-11H2,1H3;1H. The van der Waals surface area contributed by atoms with Crippen LogP contribution in [0.15, 0.2) is 12.1 Å². The quantitative estimate of drug-likeness (QED) is 0.863. The van der Waals surface area contributed by atoms with Crippen LogP contribution in [0.1, 0.15) is 21.0 Å². The molecule has 2 aliphatic heterocycles. The van der Waals surface area contributed by atoms with Crippen LogP contribution in [0.4, 0.5) is 0 Å². The molecule has 134 valence electrons. The lowest BCUT2D eigenvalue weighted by Gasteiger charge is -2.35. The van der Waals surface area contributed by atoms with Crippen LogP contribution >= 0.6 is 23.7 Å². The number of hydrogen-bond donors (Lipinski definition) is 1. The minimum absolute atomic E-state index is 0. The number of piperazine rings is 1. The van der Waals surface area contributed by atoms with Crippen LogP contribution in [0.2, 0.25) is 0 Å². The number of amides is 2. The molecule has 3 rings (SSSR count). The summed E-state index contributed by atoms with van der Waals surface area (Å²) in [5.74, 6) is 0.226. The fourth-order valence-corrected chi connectivity index (χ4v) is 3.79. The van der Waals surface area contributed by atoms with Crippen molar-refractivity contribution in [1.29, 1.82) is 0 Å². The number of carbonyl (C=O) groups is 2. The van der Waals surface area contributed by atoms with Crippen molar-refractivity contribution in [2.24, 2.45) is 0 Å². The molecule has 0 saturated carbocycles. The van der Waals surface area contributed by atoms with Crippen molar-refractivity contribution in [3.05, 3.63) is 21.9 Å². The molecule has 1 aromatic heterocycles. The molecular formula is C16H24ClN3O3S. The van der Waals surface area contributed by atoms with E-state index in [0.717, 1.165) is 16.3 Å². The Labute approximate surface area is 152 Å². The van der Waals surface area contributed by atoms with E-state index in [1.165, 1.54) is 11.3 Å². The van der Waals surface area contributed by atoms with Crippen LogP contribution in [-0.2, 0) is 9.53 Å². The second kappa shape index (κ2) is 8.80. The fourth-order valence-electron chi connectivity index (χ4n) is 2.95. The van der Waals surface area contributed by atoms with Gasteiger partial charge in [-0.3, -0.25) is 9.59 Å². The van der Waals surface area contributed by atoms with Gasteiger partial charge in [0.05, 0.1) is 18.1 Å². The van der Waals surface area contributed by atoms with Gasteiger partial charge in [0.25, 0.3) is 5.91 Å². The lowest BCUT2D eigenvalue weighted by atomic mass is 10.1. The van der Waals surface area contributed by atoms with Gasteiger partial charge >= 0.3 is 0 Å². The summed E-state index contributed by atoms with van der Waals surface area (Å²) in [6.45, 7) is 6.56. The Bertz CT molecular complexity index is 567. The van der Waals surface area contributed by atoms with Gasteiger partial charge in [0.15, 0.2) is 0 Å². The number of halogens is 1. The maximum atomic E-state index is 12.4. The lowest BCUT2D eigenvalue weighted by molar-refractivity contribution is -0.133. The van der Waals surface area contributed by atoms with Gasteiger partial charge in [-0.25, -0.2) is 0 Å². The molecule has 0 aliphatic carbocycles. The first-order chi connectivity index (χ1) is 11.1. The number of rotatable bonds is 3. The Kier molecular flexibility index (Phi) is 7.03. The molecule has 1 unspecified atom stereocenters. The molecular weight excluding hydrogens is 350 g/mol. The number of aryl methyl sites for hydroxylation is 1. The van der Waals surface area contributed by atoms with Crippen molar-refractivity contribution in [2.75, 3.05) is 45.9 Å². The third-order valence-corrected chi connectivity index (χ3v) is 5.28. The largest absolute Gasteiger partial charge is 0.378 e. The van der Waals surface area contributed by atoms with Gasteiger partial charge in [-0.15, -0.1) is 23.7 Å². The number of thiophene rings is 1. The highest BCUT2D eigenvalue weighted by Gasteiger charge is 2.27. The van der Waals surface area contributed by atoms with Crippen LogP contribution in [0.25, 0.3) is 0 Å². The van der Waals surface area contributed by atoms with E-state index < -0.39 is 0 Å². The topological polar surface area (TPSA) is 61.9 Å². The highest BCUT2D eigenvalue weighted by molar-refractivity contribution is 7.13. The van der Waals surface area contributed by atoms with Crippen LogP contribution < -0.4 is 5.32 Å². The number of morpholine rings is 1. The zero-order valence-electron chi connectivity index (χ0n) is 13.8. The lowest BCUT2D eigenvalue weighted by Crippen LogP contribution is -2.52. The number of ether oxygens (including phenoxy) is 1. The molecule has 0 bridgehead atoms. The summed E-state index contributed by atoms with van der Waals surface area (Å²) in [5.41, 5.74) is 0. The van der Waals surface area contributed by atoms with E-state index in [1.54, 1.807) is 0 Å². The summed E-state index contributed by atoms with van der Waals surface area (Å²) in [6, 6.07) is 3.97. The molecule has 3 heterocycles. The van der Waals surface area contributed by atoms with E-state index in [2.05, 4.69) is 5.32 Å². The van der Waals surface area contributed by atoms with Crippen LogP contribution in [0, 0.1) is 6.92 Å². The number of hydrogen-bond acceptors (Lipinski definition) is 5. The highest BCUT2D eigenvalue weighted by Crippen LogP contribution is 2.18. The van der Waals surface area contributed by atoms with Crippen molar-refractivity contribution >= 4 is 35.6 Å². The Morgan fingerprint density at radius 1 is 1.25 bits per heavy atom. The summed E-state index contributed by atoms with van der Waals surface area (Å²) >= 11 is 1.53. The SMILES string of the molecule is Cc1ccc(C(=O)N2CCN(C(=O)CC3COCCN3)CC2)s1.Cl. The molecule has 0 radical (unpaired) electrons. The van der Waals surface area contributed by atoms with Gasteiger partial charge in [-0.2, -0.15) is 0 Å². The molecule has 1 aromatic rings. The van der Waals surface area contributed by atoms with Crippen molar-refractivity contribution in [3.63, 3.8) is 0 Å². The maximum Gasteiger partial charge on any atom is 0.264 e. The third-order valence-electron chi connectivity index (χ3n) is 4.29. The first kappa shape index (κ1) is 19.2. The number of nitrogens with one attached hydrogen (secondary N) is 1. The molecule has 8 heteroatoms. The zero-order chi connectivity index (χ0) is 16.2. The Morgan fingerprint density at radius 3 is 2.54 bits per heavy atom. The van der Waals surface area contributed by atoms with Crippen molar-refractivity contribution in [2.45, 2.75) is 19.4 Å². The van der Waals surface area contributed by atoms with Crippen molar-refractivity contribution in [1.82, 2.24) is 15.1 Å². The predicted molar refractivity (Wildman–Crippen MR) is 96.0 cm³/mol. The molecule has 1 N–H and O–H groups in total. The summed E-state index contributed by atoms with van der Waals surface area (Å²) in [7, 11) is 0. The van der Waals surface area contributed by atoms with Gasteiger partial charge in [-0.1, -0.05) is 0 Å². The van der Waals surface area contributed by atoms with Gasteiger partial charge < -0.3 is 19.9 Å². The first-order valence-corrected chi connectivity index (χ1v) is 8.90. The molecule has 0 spiro atoms. The monoisotopic (exact) mass is 373 g/mol. The molecule has 0 aromatic carbocycles. The summed E-state index contributed by atoms with van der Waals surface area (Å²) < 4.78 is 5.38. The normalized spacial score (nSPS) is 21.3.